The van der Waals surface area contributed by atoms with E-state index in [1.54, 1.807) is 0 Å². The summed E-state index contributed by atoms with van der Waals surface area (Å²) in [5.41, 5.74) is 3.06. The molecule has 5 nitrogen and oxygen atoms in total. The van der Waals surface area contributed by atoms with Gasteiger partial charge in [-0.1, -0.05) is 17.8 Å². The second-order valence-electron chi connectivity index (χ2n) is 3.61. The Balaban J connectivity index is 2.18. The highest BCUT2D eigenvalue weighted by Crippen LogP contribution is 2.22. The summed E-state index contributed by atoms with van der Waals surface area (Å²) in [4.78, 5) is 18.6. The third-order valence-corrected chi connectivity index (χ3v) is 3.60. The first-order valence-electron chi connectivity index (χ1n) is 5.14. The summed E-state index contributed by atoms with van der Waals surface area (Å²) >= 11 is 2.58. The number of benzene rings is 1. The molecule has 0 fully saturated rings. The van der Waals surface area contributed by atoms with Gasteiger partial charge < -0.3 is 4.98 Å². The first-order chi connectivity index (χ1) is 8.76. The van der Waals surface area contributed by atoms with Crippen molar-refractivity contribution >= 4 is 34.5 Å². The standard InChI is InChI=1S/C11H8N4OS2/c1-17-11-12-8(5-10(16)13-11)6-2-3-7-9(4-6)15-18-14-7/h2-5H,1H3,(H,12,13,16). The topological polar surface area (TPSA) is 71.5 Å². The Morgan fingerprint density at radius 3 is 2.89 bits per heavy atom. The maximum atomic E-state index is 11.5. The minimum absolute atomic E-state index is 0.152. The number of nitrogens with zero attached hydrogens (tertiary/aromatic N) is 3. The zero-order chi connectivity index (χ0) is 12.5. The molecule has 18 heavy (non-hydrogen) atoms. The SMILES string of the molecule is CSc1nc(-c2ccc3nsnc3c2)cc(=O)[nH]1. The number of aromatic nitrogens is 4. The number of fused-ring (bicyclic) bond motifs is 1. The van der Waals surface area contributed by atoms with Crippen molar-refractivity contribution in [3.8, 4) is 11.3 Å². The van der Waals surface area contributed by atoms with Crippen LogP contribution in [-0.4, -0.2) is 25.0 Å². The molecule has 0 unspecified atom stereocenters. The molecule has 1 aromatic carbocycles. The third kappa shape index (κ3) is 2.02. The fourth-order valence-electron chi connectivity index (χ4n) is 1.62. The van der Waals surface area contributed by atoms with Gasteiger partial charge in [-0.15, -0.1) is 0 Å². The number of H-pyrrole nitrogens is 1. The molecule has 0 atom stereocenters. The molecule has 2 aromatic heterocycles. The zero-order valence-electron chi connectivity index (χ0n) is 9.38. The van der Waals surface area contributed by atoms with Crippen molar-refractivity contribution in [2.45, 2.75) is 5.16 Å². The van der Waals surface area contributed by atoms with Gasteiger partial charge in [0, 0.05) is 11.6 Å². The summed E-state index contributed by atoms with van der Waals surface area (Å²) in [6.07, 6.45) is 1.87. The first-order valence-corrected chi connectivity index (χ1v) is 7.10. The molecule has 0 amide bonds. The lowest BCUT2D eigenvalue weighted by atomic mass is 10.1. The molecule has 1 N–H and O–H groups in total. The lowest BCUT2D eigenvalue weighted by molar-refractivity contribution is 0.946. The van der Waals surface area contributed by atoms with Gasteiger partial charge in [0.05, 0.1) is 17.4 Å². The second kappa shape index (κ2) is 4.51. The monoisotopic (exact) mass is 276 g/mol. The Morgan fingerprint density at radius 1 is 1.22 bits per heavy atom. The maximum Gasteiger partial charge on any atom is 0.252 e. The van der Waals surface area contributed by atoms with E-state index in [1.807, 2.05) is 24.5 Å². The summed E-state index contributed by atoms with van der Waals surface area (Å²) in [7, 11) is 0. The van der Waals surface area contributed by atoms with Gasteiger partial charge in [0.1, 0.15) is 11.0 Å². The lowest BCUT2D eigenvalue weighted by Crippen LogP contribution is -2.07. The van der Waals surface area contributed by atoms with Crippen molar-refractivity contribution < 1.29 is 0 Å². The van der Waals surface area contributed by atoms with Crippen molar-refractivity contribution in [2.75, 3.05) is 6.26 Å². The van der Waals surface area contributed by atoms with E-state index in [2.05, 4.69) is 18.7 Å². The van der Waals surface area contributed by atoms with Crippen LogP contribution in [0.15, 0.2) is 34.2 Å². The molecule has 0 spiro atoms. The molecule has 7 heteroatoms. The summed E-state index contributed by atoms with van der Waals surface area (Å²) in [5.74, 6) is 0. The molecule has 3 aromatic rings. The normalized spacial score (nSPS) is 10.9. The van der Waals surface area contributed by atoms with Crippen LogP contribution in [0.5, 0.6) is 0 Å². The van der Waals surface area contributed by atoms with Crippen LogP contribution in [0.4, 0.5) is 0 Å². The zero-order valence-corrected chi connectivity index (χ0v) is 11.0. The van der Waals surface area contributed by atoms with Gasteiger partial charge >= 0.3 is 0 Å². The molecule has 0 aliphatic carbocycles. The molecule has 0 aliphatic heterocycles. The van der Waals surface area contributed by atoms with Crippen LogP contribution in [0, 0.1) is 0 Å². The van der Waals surface area contributed by atoms with E-state index in [9.17, 15) is 4.79 Å². The number of rotatable bonds is 2. The van der Waals surface area contributed by atoms with Crippen LogP contribution in [-0.2, 0) is 0 Å². The van der Waals surface area contributed by atoms with E-state index in [0.29, 0.717) is 10.9 Å². The van der Waals surface area contributed by atoms with Gasteiger partial charge in [-0.05, 0) is 18.4 Å². The van der Waals surface area contributed by atoms with Crippen molar-refractivity contribution in [2.24, 2.45) is 0 Å². The van der Waals surface area contributed by atoms with Crippen LogP contribution in [0.3, 0.4) is 0 Å². The molecule has 2 heterocycles. The molecule has 3 rings (SSSR count). The number of nitrogens with one attached hydrogen (secondary N) is 1. The smallest absolute Gasteiger partial charge is 0.252 e. The fourth-order valence-corrected chi connectivity index (χ4v) is 2.53. The average Bonchev–Trinajstić information content (AvgIpc) is 2.85. The van der Waals surface area contributed by atoms with Crippen LogP contribution in [0.1, 0.15) is 0 Å². The van der Waals surface area contributed by atoms with Crippen molar-refractivity contribution in [1.29, 1.82) is 0 Å². The lowest BCUT2D eigenvalue weighted by Gasteiger charge is -2.02. The molecule has 0 radical (unpaired) electrons. The van der Waals surface area contributed by atoms with Crippen molar-refractivity contribution in [1.82, 2.24) is 18.7 Å². The molecule has 0 saturated heterocycles. The minimum Gasteiger partial charge on any atom is -0.301 e. The molecule has 0 saturated carbocycles. The van der Waals surface area contributed by atoms with Gasteiger partial charge in [-0.25, -0.2) is 4.98 Å². The van der Waals surface area contributed by atoms with Crippen molar-refractivity contribution in [3.63, 3.8) is 0 Å². The van der Waals surface area contributed by atoms with E-state index in [1.165, 1.54) is 29.6 Å². The van der Waals surface area contributed by atoms with E-state index in [-0.39, 0.29) is 5.56 Å². The maximum absolute atomic E-state index is 11.5. The van der Waals surface area contributed by atoms with Crippen molar-refractivity contribution in [3.05, 3.63) is 34.6 Å². The Labute approximate surface area is 111 Å². The quantitative estimate of drug-likeness (QED) is 0.573. The predicted molar refractivity (Wildman–Crippen MR) is 73.0 cm³/mol. The number of hydrogen-bond acceptors (Lipinski definition) is 6. The molecular weight excluding hydrogens is 268 g/mol. The highest BCUT2D eigenvalue weighted by atomic mass is 32.2. The van der Waals surface area contributed by atoms with E-state index < -0.39 is 0 Å². The van der Waals surface area contributed by atoms with Gasteiger partial charge in [0.15, 0.2) is 5.16 Å². The second-order valence-corrected chi connectivity index (χ2v) is 4.93. The van der Waals surface area contributed by atoms with E-state index >= 15 is 0 Å². The largest absolute Gasteiger partial charge is 0.301 e. The first kappa shape index (κ1) is 11.4. The van der Waals surface area contributed by atoms with Gasteiger partial charge in [0.2, 0.25) is 0 Å². The van der Waals surface area contributed by atoms with E-state index in [0.717, 1.165) is 16.6 Å². The Kier molecular flexibility index (Phi) is 2.85. The van der Waals surface area contributed by atoms with Gasteiger partial charge in [0.25, 0.3) is 5.56 Å². The summed E-state index contributed by atoms with van der Waals surface area (Å²) in [6.45, 7) is 0. The fraction of sp³-hybridized carbons (Fsp3) is 0.0909. The average molecular weight is 276 g/mol. The number of aromatic amines is 1. The predicted octanol–water partition coefficient (Wildman–Crippen LogP) is 2.16. The van der Waals surface area contributed by atoms with Crippen LogP contribution < -0.4 is 5.56 Å². The number of thioether (sulfide) groups is 1. The van der Waals surface area contributed by atoms with Gasteiger partial charge in [-0.3, -0.25) is 4.79 Å². The Morgan fingerprint density at radius 2 is 2.06 bits per heavy atom. The van der Waals surface area contributed by atoms with Crippen LogP contribution >= 0.6 is 23.5 Å². The highest BCUT2D eigenvalue weighted by molar-refractivity contribution is 7.98. The van der Waals surface area contributed by atoms with Gasteiger partial charge in [-0.2, -0.15) is 8.75 Å². The molecular formula is C11H8N4OS2. The Bertz CT molecular complexity index is 765. The minimum atomic E-state index is -0.152. The Hall–Kier alpha value is -1.73. The molecule has 0 bridgehead atoms. The van der Waals surface area contributed by atoms with E-state index in [4.69, 9.17) is 0 Å². The summed E-state index contributed by atoms with van der Waals surface area (Å²) < 4.78 is 8.32. The summed E-state index contributed by atoms with van der Waals surface area (Å²) in [6, 6.07) is 7.16. The molecule has 0 aliphatic rings. The third-order valence-electron chi connectivity index (χ3n) is 2.46. The highest BCUT2D eigenvalue weighted by Gasteiger charge is 2.06. The van der Waals surface area contributed by atoms with Crippen LogP contribution in [0.25, 0.3) is 22.3 Å². The number of hydrogen-bond donors (Lipinski definition) is 1. The van der Waals surface area contributed by atoms with Crippen LogP contribution in [0.2, 0.25) is 0 Å². The summed E-state index contributed by atoms with van der Waals surface area (Å²) in [5, 5.41) is 0.606. The molecule has 90 valence electrons.